The molecule has 15 nitrogen and oxygen atoms in total. The summed E-state index contributed by atoms with van der Waals surface area (Å²) in [4.78, 5) is 41.2. The third-order valence-corrected chi connectivity index (χ3v) is 9.20. The normalized spacial score (nSPS) is 15.6. The number of piperidine rings is 1. The second-order valence-electron chi connectivity index (χ2n) is 10.2. The van der Waals surface area contributed by atoms with Gasteiger partial charge in [-0.15, -0.1) is 0 Å². The number of aryl methyl sites for hydroxylation is 2. The zero-order chi connectivity index (χ0) is 30.4. The van der Waals surface area contributed by atoms with Crippen molar-refractivity contribution in [2.24, 2.45) is 13.0 Å². The van der Waals surface area contributed by atoms with Gasteiger partial charge in [0.15, 0.2) is 6.61 Å². The lowest BCUT2D eigenvalue weighted by molar-refractivity contribution is -0.985. The predicted molar refractivity (Wildman–Crippen MR) is 150 cm³/mol. The van der Waals surface area contributed by atoms with Crippen LogP contribution in [-0.4, -0.2) is 70.0 Å². The highest BCUT2D eigenvalue weighted by Gasteiger charge is 2.37. The highest BCUT2D eigenvalue weighted by molar-refractivity contribution is 7.89. The molecule has 1 saturated heterocycles. The fraction of sp³-hybridized carbons (Fsp3) is 0.538. The second kappa shape index (κ2) is 13.6. The van der Waals surface area contributed by atoms with Crippen LogP contribution in [0.15, 0.2) is 34.1 Å². The number of benzene rings is 1. The Kier molecular flexibility index (Phi) is 10.2. The van der Waals surface area contributed by atoms with Gasteiger partial charge in [-0.05, 0) is 49.4 Å². The van der Waals surface area contributed by atoms with Crippen molar-refractivity contribution in [3.63, 3.8) is 0 Å². The first kappa shape index (κ1) is 31.4. The monoisotopic (exact) mass is 609 g/mol. The number of hydrogen-bond donors (Lipinski definition) is 3. The van der Waals surface area contributed by atoms with Crippen LogP contribution in [0.2, 0.25) is 0 Å². The Balaban J connectivity index is 1.67. The minimum absolute atomic E-state index is 0.00238. The summed E-state index contributed by atoms with van der Waals surface area (Å²) >= 11 is 0. The molecule has 42 heavy (non-hydrogen) atoms. The summed E-state index contributed by atoms with van der Waals surface area (Å²) in [6.07, 6.45) is 3.86. The minimum atomic E-state index is -3.98. The number of ether oxygens (including phenoxy) is 1. The lowest BCUT2D eigenvalue weighted by Gasteiger charge is -2.32. The molecule has 0 saturated carbocycles. The smallest absolute Gasteiger partial charge is 0.475 e. The Morgan fingerprint density at radius 2 is 2.00 bits per heavy atom. The van der Waals surface area contributed by atoms with Crippen LogP contribution in [-0.2, 0) is 33.2 Å². The Morgan fingerprint density at radius 3 is 2.64 bits per heavy atom. The van der Waals surface area contributed by atoms with Crippen LogP contribution in [0.4, 0.5) is 0 Å². The summed E-state index contributed by atoms with van der Waals surface area (Å²) < 4.78 is 36.4. The molecule has 0 spiro atoms. The minimum Gasteiger partial charge on any atom is -0.601 e. The van der Waals surface area contributed by atoms with Gasteiger partial charge in [-0.2, -0.15) is 9.14 Å². The van der Waals surface area contributed by atoms with E-state index in [0.717, 1.165) is 24.8 Å². The molecular formula is C26H37N6O9S+. The average molecular weight is 610 g/mol. The molecule has 4 rings (SSSR count). The molecule has 1 aromatic carbocycles. The number of nitrogens with zero attached hydrogens (tertiary/aromatic N) is 4. The van der Waals surface area contributed by atoms with Crippen molar-refractivity contribution in [3.8, 4) is 17.1 Å². The largest absolute Gasteiger partial charge is 0.601 e. The van der Waals surface area contributed by atoms with E-state index in [1.807, 2.05) is 20.0 Å². The van der Waals surface area contributed by atoms with E-state index in [-0.39, 0.29) is 47.5 Å². The summed E-state index contributed by atoms with van der Waals surface area (Å²) in [5, 5.41) is 18.9. The Hall–Kier alpha value is -3.57. The Bertz CT molecular complexity index is 1560. The Morgan fingerprint density at radius 1 is 1.26 bits per heavy atom. The molecule has 1 aliphatic heterocycles. The molecule has 230 valence electrons. The molecule has 1 atom stereocenters. The van der Waals surface area contributed by atoms with Gasteiger partial charge in [-0.25, -0.2) is 29.1 Å². The van der Waals surface area contributed by atoms with Gasteiger partial charge < -0.3 is 19.5 Å². The van der Waals surface area contributed by atoms with Crippen molar-refractivity contribution in [1.82, 2.24) is 18.8 Å². The van der Waals surface area contributed by atoms with Crippen LogP contribution < -0.4 is 15.9 Å². The SMILES string of the molecule is CCCOc1ccc(S(=O)(=O)N2CCC([C@@H](CO[NH2+][O-])O[N+](=O)O)CC2)cc1-c1nc2c(CCC)cn(C)c2c(=O)[nH]1. The zero-order valence-corrected chi connectivity index (χ0v) is 24.6. The first-order chi connectivity index (χ1) is 20.1. The quantitative estimate of drug-likeness (QED) is 0.226. The van der Waals surface area contributed by atoms with E-state index < -0.39 is 21.2 Å². The molecule has 0 aliphatic carbocycles. The van der Waals surface area contributed by atoms with Gasteiger partial charge in [0.05, 0.1) is 22.6 Å². The highest BCUT2D eigenvalue weighted by atomic mass is 32.2. The van der Waals surface area contributed by atoms with Gasteiger partial charge >= 0.3 is 5.09 Å². The molecule has 4 N–H and O–H groups in total. The number of H-pyrrole nitrogens is 1. The van der Waals surface area contributed by atoms with Crippen LogP contribution in [0, 0.1) is 16.0 Å². The first-order valence-corrected chi connectivity index (χ1v) is 15.3. The van der Waals surface area contributed by atoms with Crippen molar-refractivity contribution in [2.75, 3.05) is 26.3 Å². The van der Waals surface area contributed by atoms with Crippen molar-refractivity contribution in [1.29, 1.82) is 0 Å². The Labute approximate surface area is 242 Å². The van der Waals surface area contributed by atoms with E-state index in [1.54, 1.807) is 17.7 Å². The number of rotatable bonds is 14. The predicted octanol–water partition coefficient (Wildman–Crippen LogP) is 1.53. The second-order valence-corrected chi connectivity index (χ2v) is 12.1. The summed E-state index contributed by atoms with van der Waals surface area (Å²) in [5.74, 6) is 0.259. The van der Waals surface area contributed by atoms with Crippen LogP contribution in [0.25, 0.3) is 22.4 Å². The van der Waals surface area contributed by atoms with Gasteiger partial charge in [0.25, 0.3) is 5.56 Å². The summed E-state index contributed by atoms with van der Waals surface area (Å²) in [6, 6.07) is 4.49. The molecule has 0 radical (unpaired) electrons. The lowest BCUT2D eigenvalue weighted by Crippen LogP contribution is -2.77. The van der Waals surface area contributed by atoms with Gasteiger partial charge in [0.1, 0.15) is 22.0 Å². The van der Waals surface area contributed by atoms with E-state index in [4.69, 9.17) is 24.6 Å². The topological polar surface area (TPSA) is 196 Å². The molecule has 16 heteroatoms. The van der Waals surface area contributed by atoms with E-state index in [1.165, 1.54) is 16.4 Å². The number of aromatic amines is 1. The number of sulfonamides is 1. The number of nitrogens with two attached hydrogens (primary N) is 1. The maximum Gasteiger partial charge on any atom is 0.475 e. The van der Waals surface area contributed by atoms with Gasteiger partial charge in [0, 0.05) is 32.3 Å². The summed E-state index contributed by atoms with van der Waals surface area (Å²) in [7, 11) is -2.19. The zero-order valence-electron chi connectivity index (χ0n) is 23.8. The fourth-order valence-electron chi connectivity index (χ4n) is 5.29. The molecule has 2 aromatic heterocycles. The molecule has 1 aliphatic rings. The number of nitrogens with one attached hydrogen (secondary N) is 1. The third kappa shape index (κ3) is 6.73. The summed E-state index contributed by atoms with van der Waals surface area (Å²) in [5.41, 5.74) is 2.13. The number of quaternary nitrogens is 1. The fourth-order valence-corrected chi connectivity index (χ4v) is 6.79. The van der Waals surface area contributed by atoms with E-state index >= 15 is 0 Å². The summed E-state index contributed by atoms with van der Waals surface area (Å²) in [6.45, 7) is 4.32. The molecular weight excluding hydrogens is 572 g/mol. The van der Waals surface area contributed by atoms with Crippen molar-refractivity contribution < 1.29 is 38.8 Å². The van der Waals surface area contributed by atoms with E-state index in [0.29, 0.717) is 41.8 Å². The number of fused-ring (bicyclic) bond motifs is 1. The highest BCUT2D eigenvalue weighted by Crippen LogP contribution is 2.34. The van der Waals surface area contributed by atoms with Gasteiger partial charge in [-0.1, -0.05) is 20.3 Å². The first-order valence-electron chi connectivity index (χ1n) is 13.8. The lowest BCUT2D eigenvalue weighted by atomic mass is 9.92. The van der Waals surface area contributed by atoms with Crippen molar-refractivity contribution in [3.05, 3.63) is 50.4 Å². The molecule has 0 bridgehead atoms. The average Bonchev–Trinajstić information content (AvgIpc) is 3.29. The maximum atomic E-state index is 13.7. The molecule has 0 unspecified atom stereocenters. The van der Waals surface area contributed by atoms with Crippen LogP contribution in [0.1, 0.15) is 45.1 Å². The molecule has 3 aromatic rings. The maximum absolute atomic E-state index is 13.7. The van der Waals surface area contributed by atoms with E-state index in [9.17, 15) is 23.3 Å². The number of hydrogen-bond acceptors (Lipinski definition) is 9. The molecule has 0 amide bonds. The standard InChI is InChI=1S/C26H36N6O9S/c1-4-6-18-15-30(3)24-23(18)27-25(28-26(24)33)20-14-19(7-8-21(20)39-13-5-2)42(37,38)31-11-9-17(10-12-31)22(16-40-29-34)41-32(35)36/h7-8,14-15,17,22H,4-6,9-13,16,29H2,1-3H3,(H-,27,28,33,35,36)/p+1/t22-/m1/s1. The van der Waals surface area contributed by atoms with E-state index in [2.05, 4.69) is 4.98 Å². The van der Waals surface area contributed by atoms with Crippen LogP contribution in [0.5, 0.6) is 5.75 Å². The van der Waals surface area contributed by atoms with Crippen molar-refractivity contribution in [2.45, 2.75) is 57.0 Å². The van der Waals surface area contributed by atoms with Crippen LogP contribution >= 0.6 is 0 Å². The van der Waals surface area contributed by atoms with Crippen molar-refractivity contribution >= 4 is 21.1 Å². The third-order valence-electron chi connectivity index (χ3n) is 7.30. The molecule has 3 heterocycles. The molecule has 1 fully saturated rings. The van der Waals surface area contributed by atoms with Gasteiger partial charge in [-0.3, -0.25) is 4.79 Å². The van der Waals surface area contributed by atoms with Crippen LogP contribution in [0.3, 0.4) is 0 Å². The number of aromatic nitrogens is 3. The van der Waals surface area contributed by atoms with Gasteiger partial charge in [0.2, 0.25) is 16.1 Å².